The molecule has 3 aromatic heterocycles. The van der Waals surface area contributed by atoms with E-state index in [4.69, 9.17) is 15.2 Å². The SMILES string of the molecule is CC(C)=C(C)c1nc(-c2cc(F)cc(OCC(C)C)c2)ccc1C(=O)NS(=O)(=O)c1cccc(N)n1.CC(C)=C(C)c1nc(-c2cc(F)cc(OCC(C)C)c2)ccc1C(=O)O. The lowest BCUT2D eigenvalue weighted by atomic mass is 10.0. The number of nitrogens with zero attached hydrogens (tertiary/aromatic N) is 3. The van der Waals surface area contributed by atoms with E-state index in [9.17, 15) is 31.9 Å². The maximum Gasteiger partial charge on any atom is 0.337 e. The number of anilines is 1. The highest BCUT2D eigenvalue weighted by atomic mass is 32.2. The fraction of sp³-hybridized carbons (Fsp3) is 0.298. The molecule has 328 valence electrons. The molecule has 0 aliphatic heterocycles. The van der Waals surface area contributed by atoms with Gasteiger partial charge >= 0.3 is 5.97 Å². The summed E-state index contributed by atoms with van der Waals surface area (Å²) in [4.78, 5) is 37.5. The lowest BCUT2D eigenvalue weighted by molar-refractivity contribution is 0.0695. The van der Waals surface area contributed by atoms with Crippen LogP contribution in [0.1, 0.15) is 101 Å². The standard InChI is InChI=1S/C26H29FN4O4S.C21H24FNO3/c1-15(2)14-35-20-12-18(11-19(27)13-20)22-10-9-21(25(29-22)17(5)16(3)4)26(32)31-36(33,34)24-8-6-7-23(28)30-24;1-12(2)11-26-17-9-15(8-16(22)10-17)19-7-6-18(21(24)25)20(23-19)14(5)13(3)4/h6-13,15H,14H2,1-5H3,(H2,28,30)(H,31,32);6-10,12H,11H2,1-5H3,(H,24,25). The molecular weight excluding hydrogens is 817 g/mol. The minimum Gasteiger partial charge on any atom is -0.493 e. The van der Waals surface area contributed by atoms with Crippen LogP contribution in [-0.2, 0) is 10.0 Å². The quantitative estimate of drug-likeness (QED) is 0.0965. The number of sulfonamides is 1. The lowest BCUT2D eigenvalue weighted by Crippen LogP contribution is -2.32. The number of allylic oxidation sites excluding steroid dienone is 4. The summed E-state index contributed by atoms with van der Waals surface area (Å²) in [5.41, 5.74) is 11.6. The lowest BCUT2D eigenvalue weighted by Gasteiger charge is -2.14. The molecule has 62 heavy (non-hydrogen) atoms. The van der Waals surface area contributed by atoms with Gasteiger partial charge in [-0.05, 0) is 125 Å². The van der Waals surface area contributed by atoms with Gasteiger partial charge in [0.05, 0.1) is 47.1 Å². The van der Waals surface area contributed by atoms with Crippen LogP contribution in [0.15, 0.2) is 95.0 Å². The minimum absolute atomic E-state index is 0.00394. The number of nitrogens with one attached hydrogen (secondary N) is 1. The van der Waals surface area contributed by atoms with Crippen LogP contribution in [-0.4, -0.2) is 53.6 Å². The number of amides is 1. The monoisotopic (exact) mass is 869 g/mol. The van der Waals surface area contributed by atoms with E-state index < -0.39 is 33.5 Å². The molecule has 0 fully saturated rings. The van der Waals surface area contributed by atoms with Gasteiger partial charge < -0.3 is 20.3 Å². The van der Waals surface area contributed by atoms with E-state index in [0.29, 0.717) is 64.4 Å². The average Bonchev–Trinajstić information content (AvgIpc) is 3.20. The van der Waals surface area contributed by atoms with Crippen molar-refractivity contribution in [2.24, 2.45) is 11.8 Å². The predicted molar refractivity (Wildman–Crippen MR) is 238 cm³/mol. The predicted octanol–water partition coefficient (Wildman–Crippen LogP) is 10.3. The maximum absolute atomic E-state index is 14.3. The molecule has 15 heteroatoms. The molecule has 0 saturated heterocycles. The molecule has 0 aliphatic rings. The summed E-state index contributed by atoms with van der Waals surface area (Å²) in [6.45, 7) is 20.0. The Hall–Kier alpha value is -6.48. The first-order chi connectivity index (χ1) is 29.1. The second kappa shape index (κ2) is 20.9. The molecule has 2 aromatic carbocycles. The van der Waals surface area contributed by atoms with Crippen LogP contribution in [0, 0.1) is 23.5 Å². The molecule has 0 atom stereocenters. The summed E-state index contributed by atoms with van der Waals surface area (Å²) in [7, 11) is -4.28. The topological polar surface area (TPSA) is 184 Å². The first-order valence-corrected chi connectivity index (χ1v) is 21.3. The fourth-order valence-electron chi connectivity index (χ4n) is 5.56. The molecule has 12 nitrogen and oxygen atoms in total. The van der Waals surface area contributed by atoms with Crippen molar-refractivity contribution in [2.75, 3.05) is 18.9 Å². The van der Waals surface area contributed by atoms with Gasteiger partial charge in [-0.15, -0.1) is 0 Å². The van der Waals surface area contributed by atoms with E-state index in [1.54, 1.807) is 25.1 Å². The van der Waals surface area contributed by atoms with Gasteiger partial charge in [-0.1, -0.05) is 44.9 Å². The Bertz CT molecular complexity index is 2640. The highest BCUT2D eigenvalue weighted by molar-refractivity contribution is 7.90. The number of nitrogens with two attached hydrogens (primary N) is 1. The average molecular weight is 870 g/mol. The smallest absolute Gasteiger partial charge is 0.337 e. The summed E-state index contributed by atoms with van der Waals surface area (Å²) >= 11 is 0. The maximum atomic E-state index is 14.3. The zero-order valence-electron chi connectivity index (χ0n) is 36.6. The van der Waals surface area contributed by atoms with Gasteiger partial charge in [0.2, 0.25) is 0 Å². The molecule has 4 N–H and O–H groups in total. The largest absolute Gasteiger partial charge is 0.493 e. The Labute approximate surface area is 362 Å². The number of nitrogen functional groups attached to an aromatic ring is 1. The van der Waals surface area contributed by atoms with E-state index in [2.05, 4.69) is 15.0 Å². The number of ether oxygens (including phenoxy) is 2. The number of hydrogen-bond donors (Lipinski definition) is 3. The number of rotatable bonds is 14. The van der Waals surface area contributed by atoms with E-state index >= 15 is 0 Å². The number of hydrogen-bond acceptors (Lipinski definition) is 10. The molecule has 0 spiro atoms. The molecule has 0 unspecified atom stereocenters. The van der Waals surface area contributed by atoms with Gasteiger partial charge in [0.1, 0.15) is 29.0 Å². The molecule has 3 heterocycles. The Morgan fingerprint density at radius 3 is 1.55 bits per heavy atom. The van der Waals surface area contributed by atoms with Crippen LogP contribution in [0.2, 0.25) is 0 Å². The molecule has 1 amide bonds. The van der Waals surface area contributed by atoms with Crippen molar-refractivity contribution in [1.29, 1.82) is 0 Å². The Balaban J connectivity index is 0.000000287. The van der Waals surface area contributed by atoms with Crippen molar-refractivity contribution >= 4 is 38.9 Å². The molecule has 5 aromatic rings. The Morgan fingerprint density at radius 2 is 1.13 bits per heavy atom. The molecule has 0 saturated carbocycles. The van der Waals surface area contributed by atoms with Crippen molar-refractivity contribution in [2.45, 2.75) is 74.3 Å². The van der Waals surface area contributed by atoms with Crippen molar-refractivity contribution in [1.82, 2.24) is 19.7 Å². The third-order valence-corrected chi connectivity index (χ3v) is 10.5. The van der Waals surface area contributed by atoms with E-state index in [-0.39, 0.29) is 33.6 Å². The van der Waals surface area contributed by atoms with E-state index in [1.807, 2.05) is 67.0 Å². The van der Waals surface area contributed by atoms with Gasteiger partial charge in [0.15, 0.2) is 5.03 Å². The Morgan fingerprint density at radius 1 is 0.677 bits per heavy atom. The van der Waals surface area contributed by atoms with Gasteiger partial charge in [0.25, 0.3) is 15.9 Å². The van der Waals surface area contributed by atoms with E-state index in [0.717, 1.165) is 16.7 Å². The summed E-state index contributed by atoms with van der Waals surface area (Å²) < 4.78 is 67.1. The summed E-state index contributed by atoms with van der Waals surface area (Å²) in [6.07, 6.45) is 0. The number of aromatic carboxylic acids is 1. The summed E-state index contributed by atoms with van der Waals surface area (Å²) in [5.74, 6) is -1.46. The van der Waals surface area contributed by atoms with Gasteiger partial charge in [-0.3, -0.25) is 4.79 Å². The first-order valence-electron chi connectivity index (χ1n) is 19.8. The van der Waals surface area contributed by atoms with Gasteiger partial charge in [0, 0.05) is 23.3 Å². The molecule has 0 bridgehead atoms. The zero-order valence-corrected chi connectivity index (χ0v) is 37.4. The van der Waals surface area contributed by atoms with Gasteiger partial charge in [-0.2, -0.15) is 8.42 Å². The number of aromatic nitrogens is 3. The second-order valence-electron chi connectivity index (χ2n) is 15.8. The number of carboxylic acid groups (broad SMARTS) is 1. The molecule has 5 rings (SSSR count). The molecule has 0 aliphatic carbocycles. The van der Waals surface area contributed by atoms with Crippen LogP contribution in [0.4, 0.5) is 14.6 Å². The molecule has 0 radical (unpaired) electrons. The number of carbonyl (C=O) groups is 2. The van der Waals surface area contributed by atoms with E-state index in [1.165, 1.54) is 60.7 Å². The molecular formula is C47H53F2N5O7S. The fourth-order valence-corrected chi connectivity index (χ4v) is 6.51. The highest BCUT2D eigenvalue weighted by Crippen LogP contribution is 2.31. The normalized spacial score (nSPS) is 11.1. The van der Waals surface area contributed by atoms with Crippen LogP contribution in [0.25, 0.3) is 33.7 Å². The number of halogens is 2. The van der Waals surface area contributed by atoms with Crippen LogP contribution >= 0.6 is 0 Å². The number of benzene rings is 2. The second-order valence-corrected chi connectivity index (χ2v) is 17.5. The number of pyridine rings is 3. The van der Waals surface area contributed by atoms with Crippen molar-refractivity contribution in [3.8, 4) is 34.0 Å². The number of carbonyl (C=O) groups excluding carboxylic acids is 1. The van der Waals surface area contributed by atoms with Crippen molar-refractivity contribution < 1.29 is 41.4 Å². The first kappa shape index (κ1) is 48.2. The summed E-state index contributed by atoms with van der Waals surface area (Å²) in [6, 6.07) is 18.9. The highest BCUT2D eigenvalue weighted by Gasteiger charge is 2.24. The number of carboxylic acids is 1. The van der Waals surface area contributed by atoms with Crippen molar-refractivity contribution in [3.63, 3.8) is 0 Å². The zero-order chi connectivity index (χ0) is 46.1. The Kier molecular flexibility index (Phi) is 16.2. The minimum atomic E-state index is -4.28. The van der Waals surface area contributed by atoms with Crippen LogP contribution in [0.5, 0.6) is 11.5 Å². The van der Waals surface area contributed by atoms with Gasteiger partial charge in [-0.25, -0.2) is 33.2 Å². The third-order valence-electron chi connectivity index (χ3n) is 9.22. The van der Waals surface area contributed by atoms with Crippen LogP contribution < -0.4 is 19.9 Å². The third kappa shape index (κ3) is 13.0. The van der Waals surface area contributed by atoms with Crippen molar-refractivity contribution in [3.05, 3.63) is 124 Å². The van der Waals surface area contributed by atoms with Crippen LogP contribution in [0.3, 0.4) is 0 Å². The summed E-state index contributed by atoms with van der Waals surface area (Å²) in [5, 5.41) is 9.05.